The summed E-state index contributed by atoms with van der Waals surface area (Å²) in [4.78, 5) is 30.2. The maximum Gasteiger partial charge on any atom is 0.322 e. The number of carbonyl (C=O) groups excluding carboxylic acids is 2. The van der Waals surface area contributed by atoms with Crippen LogP contribution in [0.2, 0.25) is 0 Å². The van der Waals surface area contributed by atoms with Crippen LogP contribution in [0.4, 0.5) is 10.5 Å². The number of methoxy groups -OCH3 is 1. The van der Waals surface area contributed by atoms with Gasteiger partial charge in [-0.2, -0.15) is 0 Å². The van der Waals surface area contributed by atoms with Gasteiger partial charge in [0, 0.05) is 25.4 Å². The normalized spacial score (nSPS) is 15.8. The van der Waals surface area contributed by atoms with E-state index >= 15 is 0 Å². The van der Waals surface area contributed by atoms with Crippen LogP contribution in [0, 0.1) is 0 Å². The fourth-order valence-corrected chi connectivity index (χ4v) is 4.48. The molecule has 2 aliphatic heterocycles. The minimum Gasteiger partial charge on any atom is -0.497 e. The summed E-state index contributed by atoms with van der Waals surface area (Å²) >= 11 is 0. The first-order valence-corrected chi connectivity index (χ1v) is 12.6. The Bertz CT molecular complexity index is 1220. The average molecular weight is 522 g/mol. The zero-order valence-corrected chi connectivity index (χ0v) is 21.3. The molecule has 0 radical (unpaired) electrons. The molecular formula is C28H31N3O7. The van der Waals surface area contributed by atoms with Gasteiger partial charge in [0.1, 0.15) is 18.1 Å². The van der Waals surface area contributed by atoms with Crippen molar-refractivity contribution in [3.63, 3.8) is 0 Å². The van der Waals surface area contributed by atoms with Crippen LogP contribution in [-0.2, 0) is 22.6 Å². The van der Waals surface area contributed by atoms with Gasteiger partial charge in [-0.25, -0.2) is 4.79 Å². The number of nitrogens with one attached hydrogen (secondary N) is 1. The Morgan fingerprint density at radius 1 is 1.03 bits per heavy atom. The Hall–Kier alpha value is -4.18. The number of carbonyl (C=O) groups is 2. The van der Waals surface area contributed by atoms with Gasteiger partial charge in [0.25, 0.3) is 0 Å². The first-order valence-electron chi connectivity index (χ1n) is 12.6. The Kier molecular flexibility index (Phi) is 7.98. The average Bonchev–Trinajstić information content (AvgIpc) is 3.71. The predicted molar refractivity (Wildman–Crippen MR) is 138 cm³/mol. The van der Waals surface area contributed by atoms with E-state index in [0.29, 0.717) is 48.4 Å². The Morgan fingerprint density at radius 3 is 2.61 bits per heavy atom. The molecule has 0 spiro atoms. The summed E-state index contributed by atoms with van der Waals surface area (Å²) in [7, 11) is 1.58. The molecule has 0 aliphatic carbocycles. The Morgan fingerprint density at radius 2 is 1.87 bits per heavy atom. The van der Waals surface area contributed by atoms with E-state index in [4.69, 9.17) is 23.4 Å². The van der Waals surface area contributed by atoms with E-state index in [1.54, 1.807) is 48.6 Å². The van der Waals surface area contributed by atoms with Crippen molar-refractivity contribution in [1.82, 2.24) is 9.80 Å². The van der Waals surface area contributed by atoms with Crippen LogP contribution >= 0.6 is 0 Å². The molecular weight excluding hydrogens is 490 g/mol. The molecule has 0 bridgehead atoms. The zero-order chi connectivity index (χ0) is 26.3. The maximum absolute atomic E-state index is 13.7. The van der Waals surface area contributed by atoms with Crippen LogP contribution in [0.5, 0.6) is 17.2 Å². The SMILES string of the molecule is COc1ccc(NC(=O)N(CC(=O)N(Cc2ccc3c(c2)OCO3)Cc2ccco2)CC2CCCO2)cc1. The molecule has 0 saturated carbocycles. The number of ether oxygens (including phenoxy) is 4. The van der Waals surface area contributed by atoms with Crippen molar-refractivity contribution in [2.45, 2.75) is 32.0 Å². The minimum absolute atomic E-state index is 0.114. The zero-order valence-electron chi connectivity index (χ0n) is 21.3. The van der Waals surface area contributed by atoms with Gasteiger partial charge in [-0.15, -0.1) is 0 Å². The Balaban J connectivity index is 1.32. The van der Waals surface area contributed by atoms with E-state index in [-0.39, 0.29) is 37.9 Å². The van der Waals surface area contributed by atoms with Crippen LogP contribution in [0.3, 0.4) is 0 Å². The van der Waals surface area contributed by atoms with Gasteiger partial charge in [-0.3, -0.25) is 4.79 Å². The first-order chi connectivity index (χ1) is 18.6. The third kappa shape index (κ3) is 6.38. The second-order valence-corrected chi connectivity index (χ2v) is 9.19. The summed E-state index contributed by atoms with van der Waals surface area (Å²) in [6, 6.07) is 15.9. The molecule has 3 heterocycles. The second kappa shape index (κ2) is 11.9. The summed E-state index contributed by atoms with van der Waals surface area (Å²) in [6.45, 7) is 1.59. The standard InChI is InChI=1S/C28H31N3O7/c1-34-22-9-7-21(8-10-22)29-28(33)31(17-24-5-3-13-36-24)18-27(32)30(16-23-4-2-12-35-23)15-20-6-11-25-26(14-20)38-19-37-25/h2,4,6-12,14,24H,3,5,13,15-19H2,1H3,(H,29,33). The van der Waals surface area contributed by atoms with Gasteiger partial charge in [0.2, 0.25) is 12.7 Å². The molecule has 10 heteroatoms. The molecule has 1 fully saturated rings. The van der Waals surface area contributed by atoms with Gasteiger partial charge >= 0.3 is 6.03 Å². The second-order valence-electron chi connectivity index (χ2n) is 9.19. The lowest BCUT2D eigenvalue weighted by Crippen LogP contribution is -2.46. The number of benzene rings is 2. The van der Waals surface area contributed by atoms with Crippen LogP contribution < -0.4 is 19.5 Å². The van der Waals surface area contributed by atoms with Crippen LogP contribution in [0.1, 0.15) is 24.2 Å². The van der Waals surface area contributed by atoms with Crippen LogP contribution in [0.25, 0.3) is 0 Å². The highest BCUT2D eigenvalue weighted by atomic mass is 16.7. The van der Waals surface area contributed by atoms with E-state index in [9.17, 15) is 9.59 Å². The molecule has 1 N–H and O–H groups in total. The maximum atomic E-state index is 13.7. The van der Waals surface area contributed by atoms with Crippen molar-refractivity contribution in [3.8, 4) is 17.2 Å². The summed E-state index contributed by atoms with van der Waals surface area (Å²) in [5.74, 6) is 2.43. The number of fused-ring (bicyclic) bond motifs is 1. The smallest absolute Gasteiger partial charge is 0.322 e. The van der Waals surface area contributed by atoms with Gasteiger partial charge in [0.05, 0.1) is 26.0 Å². The van der Waals surface area contributed by atoms with Crippen molar-refractivity contribution in [2.24, 2.45) is 0 Å². The summed E-state index contributed by atoms with van der Waals surface area (Å²) in [5, 5.41) is 2.89. The third-order valence-corrected chi connectivity index (χ3v) is 6.49. The molecule has 2 aromatic carbocycles. The van der Waals surface area contributed by atoms with E-state index in [0.717, 1.165) is 18.4 Å². The summed E-state index contributed by atoms with van der Waals surface area (Å²) < 4.78 is 27.4. The molecule has 3 aromatic rings. The number of urea groups is 1. The van der Waals surface area contributed by atoms with Crippen LogP contribution in [-0.4, -0.2) is 61.4 Å². The Labute approximate surface area is 221 Å². The molecule has 3 amide bonds. The lowest BCUT2D eigenvalue weighted by Gasteiger charge is -2.29. The lowest BCUT2D eigenvalue weighted by atomic mass is 10.1. The molecule has 1 unspecified atom stereocenters. The molecule has 1 saturated heterocycles. The van der Waals surface area contributed by atoms with E-state index in [1.165, 1.54) is 4.90 Å². The molecule has 5 rings (SSSR count). The number of rotatable bonds is 10. The fraction of sp³-hybridized carbons (Fsp3) is 0.357. The summed E-state index contributed by atoms with van der Waals surface area (Å²) in [5.41, 5.74) is 1.48. The molecule has 1 atom stereocenters. The summed E-state index contributed by atoms with van der Waals surface area (Å²) in [6.07, 6.45) is 3.23. The quantitative estimate of drug-likeness (QED) is 0.425. The molecule has 2 aliphatic rings. The van der Waals surface area contributed by atoms with E-state index in [2.05, 4.69) is 5.32 Å². The number of hydrogen-bond acceptors (Lipinski definition) is 7. The number of anilines is 1. The van der Waals surface area contributed by atoms with Crippen LogP contribution in [0.15, 0.2) is 65.3 Å². The lowest BCUT2D eigenvalue weighted by molar-refractivity contribution is -0.133. The van der Waals surface area contributed by atoms with Crippen molar-refractivity contribution in [1.29, 1.82) is 0 Å². The van der Waals surface area contributed by atoms with Crippen molar-refractivity contribution < 1.29 is 33.0 Å². The number of hydrogen-bond donors (Lipinski definition) is 1. The van der Waals surface area contributed by atoms with Crippen molar-refractivity contribution in [2.75, 3.05) is 38.9 Å². The topological polar surface area (TPSA) is 103 Å². The highest BCUT2D eigenvalue weighted by Gasteiger charge is 2.27. The highest BCUT2D eigenvalue weighted by Crippen LogP contribution is 2.33. The largest absolute Gasteiger partial charge is 0.497 e. The van der Waals surface area contributed by atoms with Gasteiger partial charge in [0.15, 0.2) is 11.5 Å². The number of amides is 3. The van der Waals surface area contributed by atoms with Gasteiger partial charge in [-0.1, -0.05) is 6.07 Å². The predicted octanol–water partition coefficient (Wildman–Crippen LogP) is 4.26. The van der Waals surface area contributed by atoms with Crippen molar-refractivity contribution >= 4 is 17.6 Å². The molecule has 38 heavy (non-hydrogen) atoms. The van der Waals surface area contributed by atoms with Crippen molar-refractivity contribution in [3.05, 3.63) is 72.2 Å². The van der Waals surface area contributed by atoms with Gasteiger partial charge in [-0.05, 0) is 66.9 Å². The fourth-order valence-electron chi connectivity index (χ4n) is 4.48. The van der Waals surface area contributed by atoms with E-state index < -0.39 is 0 Å². The monoisotopic (exact) mass is 521 g/mol. The number of nitrogens with zero attached hydrogens (tertiary/aromatic N) is 2. The molecule has 200 valence electrons. The molecule has 10 nitrogen and oxygen atoms in total. The third-order valence-electron chi connectivity index (χ3n) is 6.49. The molecule has 1 aromatic heterocycles. The highest BCUT2D eigenvalue weighted by molar-refractivity contribution is 5.92. The van der Waals surface area contributed by atoms with E-state index in [1.807, 2.05) is 24.3 Å². The number of furan rings is 1. The van der Waals surface area contributed by atoms with Gasteiger partial charge < -0.3 is 38.5 Å². The minimum atomic E-state index is -0.375. The first kappa shape index (κ1) is 25.5.